The van der Waals surface area contributed by atoms with Gasteiger partial charge in [-0.25, -0.2) is 13.4 Å². The maximum Gasteiger partial charge on any atom is 0.310 e. The van der Waals surface area contributed by atoms with Crippen LogP contribution in [0.1, 0.15) is 35.2 Å². The van der Waals surface area contributed by atoms with Gasteiger partial charge in [0, 0.05) is 22.8 Å². The van der Waals surface area contributed by atoms with E-state index in [1.807, 2.05) is 20.8 Å². The van der Waals surface area contributed by atoms with Gasteiger partial charge in [0.25, 0.3) is 0 Å². The predicted molar refractivity (Wildman–Crippen MR) is 108 cm³/mol. The van der Waals surface area contributed by atoms with Crippen LogP contribution in [0, 0.1) is 26.7 Å². The molecule has 0 bridgehead atoms. The summed E-state index contributed by atoms with van der Waals surface area (Å²) < 4.78 is 32.9. The van der Waals surface area contributed by atoms with Crippen molar-refractivity contribution in [3.8, 4) is 9.88 Å². The standard InChI is InChI=1S/C18H24N2O4S3/c1-5-24-18(21)14-7-6-8-20(10-14)27(22,23)16-9-15(25-13(16)4)17-19-11(2)12(3)26-17/h9,14H,5-8,10H2,1-4H3/t14-/m0/s1. The summed E-state index contributed by atoms with van der Waals surface area (Å²) in [6.07, 6.45) is 1.32. The Hall–Kier alpha value is -1.29. The lowest BCUT2D eigenvalue weighted by Crippen LogP contribution is -2.42. The molecule has 2 aromatic heterocycles. The number of hydrogen-bond acceptors (Lipinski definition) is 7. The van der Waals surface area contributed by atoms with Crippen molar-refractivity contribution in [3.63, 3.8) is 0 Å². The van der Waals surface area contributed by atoms with Crippen LogP contribution in [-0.4, -0.2) is 43.4 Å². The average molecular weight is 429 g/mol. The largest absolute Gasteiger partial charge is 0.466 e. The van der Waals surface area contributed by atoms with Gasteiger partial charge >= 0.3 is 5.97 Å². The minimum absolute atomic E-state index is 0.182. The maximum atomic E-state index is 13.2. The molecule has 0 spiro atoms. The summed E-state index contributed by atoms with van der Waals surface area (Å²) in [6, 6.07) is 1.72. The van der Waals surface area contributed by atoms with Gasteiger partial charge in [0.2, 0.25) is 10.0 Å². The zero-order chi connectivity index (χ0) is 19.8. The summed E-state index contributed by atoms with van der Waals surface area (Å²) in [5, 5.41) is 0.850. The first-order chi connectivity index (χ1) is 12.7. The van der Waals surface area contributed by atoms with E-state index in [1.54, 1.807) is 24.3 Å². The first kappa shape index (κ1) is 20.4. The predicted octanol–water partition coefficient (Wildman–Crippen LogP) is 3.76. The van der Waals surface area contributed by atoms with E-state index in [-0.39, 0.29) is 12.5 Å². The van der Waals surface area contributed by atoms with Crippen LogP contribution in [0.25, 0.3) is 9.88 Å². The molecule has 148 valence electrons. The van der Waals surface area contributed by atoms with Gasteiger partial charge < -0.3 is 4.74 Å². The Labute approximate surface area is 168 Å². The van der Waals surface area contributed by atoms with E-state index in [2.05, 4.69) is 4.98 Å². The molecule has 6 nitrogen and oxygen atoms in total. The summed E-state index contributed by atoms with van der Waals surface area (Å²) in [5.74, 6) is -0.704. The van der Waals surface area contributed by atoms with Crippen molar-refractivity contribution in [3.05, 3.63) is 21.5 Å². The highest BCUT2D eigenvalue weighted by atomic mass is 32.2. The van der Waals surface area contributed by atoms with Crippen LogP contribution in [0.4, 0.5) is 0 Å². The molecule has 1 atom stereocenters. The molecular formula is C18H24N2O4S3. The zero-order valence-electron chi connectivity index (χ0n) is 15.9. The number of hydrogen-bond donors (Lipinski definition) is 0. The number of aryl methyl sites for hydroxylation is 3. The summed E-state index contributed by atoms with van der Waals surface area (Å²) in [6.45, 7) is 8.46. The molecular weight excluding hydrogens is 404 g/mol. The topological polar surface area (TPSA) is 76.6 Å². The van der Waals surface area contributed by atoms with Crippen molar-refractivity contribution in [1.82, 2.24) is 9.29 Å². The Morgan fingerprint density at radius 3 is 2.67 bits per heavy atom. The minimum atomic E-state index is -3.65. The van der Waals surface area contributed by atoms with Crippen molar-refractivity contribution in [2.45, 2.75) is 45.4 Å². The third-order valence-corrected chi connectivity index (χ3v) is 9.15. The van der Waals surface area contributed by atoms with Crippen LogP contribution >= 0.6 is 22.7 Å². The Balaban J connectivity index is 1.87. The van der Waals surface area contributed by atoms with Crippen molar-refractivity contribution in [2.75, 3.05) is 19.7 Å². The number of piperidine rings is 1. The lowest BCUT2D eigenvalue weighted by molar-refractivity contribution is -0.149. The van der Waals surface area contributed by atoms with Gasteiger partial charge in [0.1, 0.15) is 5.01 Å². The molecule has 2 aromatic rings. The molecule has 1 fully saturated rings. The monoisotopic (exact) mass is 428 g/mol. The van der Waals surface area contributed by atoms with E-state index in [1.165, 1.54) is 15.6 Å². The normalized spacial score (nSPS) is 18.6. The molecule has 0 unspecified atom stereocenters. The van der Waals surface area contributed by atoms with Gasteiger partial charge in [-0.1, -0.05) is 0 Å². The third-order valence-electron chi connectivity index (χ3n) is 4.73. The highest BCUT2D eigenvalue weighted by Gasteiger charge is 2.35. The number of carbonyl (C=O) groups is 1. The molecule has 0 radical (unpaired) electrons. The van der Waals surface area contributed by atoms with Crippen LogP contribution in [-0.2, 0) is 19.6 Å². The number of aromatic nitrogens is 1. The lowest BCUT2D eigenvalue weighted by atomic mass is 10.0. The fraction of sp³-hybridized carbons (Fsp3) is 0.556. The maximum absolute atomic E-state index is 13.2. The molecule has 1 saturated heterocycles. The molecule has 27 heavy (non-hydrogen) atoms. The first-order valence-corrected chi connectivity index (χ1v) is 12.0. The van der Waals surface area contributed by atoms with Crippen molar-refractivity contribution < 1.29 is 17.9 Å². The molecule has 9 heteroatoms. The number of nitrogens with zero attached hydrogens (tertiary/aromatic N) is 2. The quantitative estimate of drug-likeness (QED) is 0.678. The number of ether oxygens (including phenoxy) is 1. The number of carbonyl (C=O) groups excluding carboxylic acids is 1. The molecule has 1 aliphatic rings. The summed E-state index contributed by atoms with van der Waals surface area (Å²) in [7, 11) is -3.65. The molecule has 1 aliphatic heterocycles. The van der Waals surface area contributed by atoms with Gasteiger partial charge in [-0.3, -0.25) is 4.79 Å². The molecule has 0 aliphatic carbocycles. The van der Waals surface area contributed by atoms with Gasteiger partial charge in [0.15, 0.2) is 0 Å². The molecule has 0 N–H and O–H groups in total. The molecule has 0 amide bonds. The van der Waals surface area contributed by atoms with Gasteiger partial charge in [-0.05, 0) is 46.6 Å². The Morgan fingerprint density at radius 2 is 2.04 bits per heavy atom. The Morgan fingerprint density at radius 1 is 1.30 bits per heavy atom. The van der Waals surface area contributed by atoms with Crippen LogP contribution in [0.3, 0.4) is 0 Å². The highest BCUT2D eigenvalue weighted by molar-refractivity contribution is 7.89. The number of rotatable bonds is 5. The highest BCUT2D eigenvalue weighted by Crippen LogP contribution is 2.38. The van der Waals surface area contributed by atoms with E-state index in [4.69, 9.17) is 4.74 Å². The van der Waals surface area contributed by atoms with Crippen LogP contribution < -0.4 is 0 Å². The smallest absolute Gasteiger partial charge is 0.310 e. The van der Waals surface area contributed by atoms with Gasteiger partial charge in [-0.2, -0.15) is 4.31 Å². The molecule has 3 heterocycles. The van der Waals surface area contributed by atoms with Gasteiger partial charge in [0.05, 0.1) is 28.0 Å². The average Bonchev–Trinajstić information content (AvgIpc) is 3.18. The second-order valence-corrected chi connectivity index (χ2v) is 11.0. The van der Waals surface area contributed by atoms with E-state index < -0.39 is 15.9 Å². The zero-order valence-corrected chi connectivity index (χ0v) is 18.4. The van der Waals surface area contributed by atoms with Crippen LogP contribution in [0.2, 0.25) is 0 Å². The number of sulfonamides is 1. The summed E-state index contributed by atoms with van der Waals surface area (Å²) in [4.78, 5) is 19.7. The van der Waals surface area contributed by atoms with Crippen LogP contribution in [0.5, 0.6) is 0 Å². The molecule has 0 saturated carbocycles. The summed E-state index contributed by atoms with van der Waals surface area (Å²) in [5.41, 5.74) is 0.971. The molecule has 3 rings (SSSR count). The number of thiophene rings is 1. The lowest BCUT2D eigenvalue weighted by Gasteiger charge is -2.30. The fourth-order valence-corrected chi connectivity index (χ4v) is 7.20. The van der Waals surface area contributed by atoms with E-state index >= 15 is 0 Å². The minimum Gasteiger partial charge on any atom is -0.466 e. The van der Waals surface area contributed by atoms with Crippen molar-refractivity contribution in [1.29, 1.82) is 0 Å². The number of thiazole rings is 1. The second-order valence-electron chi connectivity index (χ2n) is 6.65. The second kappa shape index (κ2) is 7.98. The van der Waals surface area contributed by atoms with E-state index in [0.717, 1.165) is 25.3 Å². The fourth-order valence-electron chi connectivity index (χ4n) is 3.16. The first-order valence-electron chi connectivity index (χ1n) is 8.95. The van der Waals surface area contributed by atoms with Crippen LogP contribution in [0.15, 0.2) is 11.0 Å². The Bertz CT molecular complexity index is 926. The van der Waals surface area contributed by atoms with Gasteiger partial charge in [-0.15, -0.1) is 22.7 Å². The number of esters is 1. The summed E-state index contributed by atoms with van der Waals surface area (Å²) >= 11 is 3.02. The van der Waals surface area contributed by atoms with Crippen molar-refractivity contribution >= 4 is 38.7 Å². The van der Waals surface area contributed by atoms with E-state index in [0.29, 0.717) is 30.9 Å². The molecule has 0 aromatic carbocycles. The Kier molecular flexibility index (Phi) is 6.05. The third kappa shape index (κ3) is 4.11. The van der Waals surface area contributed by atoms with Crippen molar-refractivity contribution in [2.24, 2.45) is 5.92 Å². The SMILES string of the molecule is CCOC(=O)[C@H]1CCCN(S(=O)(=O)c2cc(-c3nc(C)c(C)s3)sc2C)C1. The van der Waals surface area contributed by atoms with E-state index in [9.17, 15) is 13.2 Å².